The van der Waals surface area contributed by atoms with Crippen molar-refractivity contribution in [1.82, 2.24) is 19.3 Å². The van der Waals surface area contributed by atoms with Crippen LogP contribution >= 0.6 is 0 Å². The fraction of sp³-hybridized carbons (Fsp3) is 0.364. The second-order valence-electron chi connectivity index (χ2n) is 7.86. The van der Waals surface area contributed by atoms with Gasteiger partial charge in [0, 0.05) is 37.3 Å². The van der Waals surface area contributed by atoms with Gasteiger partial charge in [-0.3, -0.25) is 9.59 Å². The van der Waals surface area contributed by atoms with Gasteiger partial charge in [0.05, 0.1) is 10.4 Å². The van der Waals surface area contributed by atoms with E-state index in [0.29, 0.717) is 42.8 Å². The predicted octanol–water partition coefficient (Wildman–Crippen LogP) is 2.84. The quantitative estimate of drug-likeness (QED) is 0.523. The number of fused-ring (bicyclic) bond motifs is 1. The average Bonchev–Trinajstić information content (AvgIpc) is 3.45. The summed E-state index contributed by atoms with van der Waals surface area (Å²) in [7, 11) is -3.50. The fourth-order valence-corrected chi connectivity index (χ4v) is 5.29. The van der Waals surface area contributed by atoms with E-state index in [9.17, 15) is 18.0 Å². The van der Waals surface area contributed by atoms with Crippen molar-refractivity contribution in [3.63, 3.8) is 0 Å². The van der Waals surface area contributed by atoms with Crippen molar-refractivity contribution in [3.05, 3.63) is 48.0 Å². The van der Waals surface area contributed by atoms with Crippen molar-refractivity contribution in [3.8, 4) is 0 Å². The molecule has 1 fully saturated rings. The highest BCUT2D eigenvalue weighted by Crippen LogP contribution is 2.24. The third-order valence-corrected chi connectivity index (χ3v) is 7.43. The number of nitrogens with one attached hydrogen (secondary N) is 1. The van der Waals surface area contributed by atoms with Crippen LogP contribution < -0.4 is 5.32 Å². The summed E-state index contributed by atoms with van der Waals surface area (Å²) in [4.78, 5) is 23.8. The lowest BCUT2D eigenvalue weighted by atomic mass is 10.1. The second-order valence-corrected chi connectivity index (χ2v) is 9.80. The Balaban J connectivity index is 1.35. The molecule has 168 valence electrons. The molecule has 1 aliphatic heterocycles. The lowest BCUT2D eigenvalue weighted by Crippen LogP contribution is -2.27. The van der Waals surface area contributed by atoms with Gasteiger partial charge in [-0.15, -0.1) is 5.10 Å². The minimum atomic E-state index is -3.50. The largest absolute Gasteiger partial charge is 0.326 e. The number of anilines is 1. The summed E-state index contributed by atoms with van der Waals surface area (Å²) < 4.78 is 28.7. The van der Waals surface area contributed by atoms with Gasteiger partial charge in [0.1, 0.15) is 5.52 Å². The number of nitrogens with zero attached hydrogens (tertiary/aromatic N) is 4. The van der Waals surface area contributed by atoms with Crippen molar-refractivity contribution in [1.29, 1.82) is 0 Å². The van der Waals surface area contributed by atoms with Crippen molar-refractivity contribution in [2.45, 2.75) is 44.0 Å². The van der Waals surface area contributed by atoms with Gasteiger partial charge in [-0.05, 0) is 68.7 Å². The Labute approximate surface area is 186 Å². The monoisotopic (exact) mass is 455 g/mol. The van der Waals surface area contributed by atoms with Gasteiger partial charge in [0.15, 0.2) is 5.78 Å². The average molecular weight is 456 g/mol. The van der Waals surface area contributed by atoms with E-state index in [2.05, 4.69) is 15.6 Å². The molecule has 2 heterocycles. The normalized spacial score (nSPS) is 14.7. The number of hydrogen-bond acceptors (Lipinski definition) is 6. The highest BCUT2D eigenvalue weighted by Gasteiger charge is 2.27. The third-order valence-electron chi connectivity index (χ3n) is 5.54. The number of carbonyl (C=O) groups is 2. The van der Waals surface area contributed by atoms with E-state index in [1.54, 1.807) is 47.1 Å². The zero-order valence-electron chi connectivity index (χ0n) is 17.8. The molecule has 1 N–H and O–H groups in total. The summed E-state index contributed by atoms with van der Waals surface area (Å²) in [5.74, 6) is -0.160. The lowest BCUT2D eigenvalue weighted by molar-refractivity contribution is -0.116. The molecule has 0 saturated carbocycles. The maximum Gasteiger partial charge on any atom is 0.243 e. The topological polar surface area (TPSA) is 114 Å². The Kier molecular flexibility index (Phi) is 6.33. The highest BCUT2D eigenvalue weighted by atomic mass is 32.2. The van der Waals surface area contributed by atoms with Crippen LogP contribution in [0, 0.1) is 0 Å². The van der Waals surface area contributed by atoms with Gasteiger partial charge in [0.25, 0.3) is 0 Å². The molecule has 32 heavy (non-hydrogen) atoms. The molecule has 1 aliphatic rings. The van der Waals surface area contributed by atoms with Gasteiger partial charge in [-0.1, -0.05) is 5.21 Å². The van der Waals surface area contributed by atoms with Gasteiger partial charge >= 0.3 is 0 Å². The van der Waals surface area contributed by atoms with Gasteiger partial charge in [0.2, 0.25) is 15.9 Å². The number of aryl methyl sites for hydroxylation is 1. The van der Waals surface area contributed by atoms with Crippen LogP contribution in [-0.4, -0.2) is 52.5 Å². The Hall–Kier alpha value is -3.11. The Bertz CT molecular complexity index is 1250. The van der Waals surface area contributed by atoms with Crippen LogP contribution in [-0.2, 0) is 21.4 Å². The standard InChI is InChI=1S/C22H25N5O4S/c1-16(28)17-6-8-18(9-7-17)23-22(29)5-4-14-27-21-11-10-19(15-20(21)24-25-27)32(30,31)26-12-2-3-13-26/h6-11,15H,2-5,12-14H2,1H3,(H,23,29). The fourth-order valence-electron chi connectivity index (χ4n) is 3.76. The molecule has 3 aromatic rings. The smallest absolute Gasteiger partial charge is 0.243 e. The molecule has 0 radical (unpaired) electrons. The molecule has 9 nitrogen and oxygen atoms in total. The van der Waals surface area contributed by atoms with E-state index in [4.69, 9.17) is 0 Å². The first-order valence-electron chi connectivity index (χ1n) is 10.6. The molecule has 0 spiro atoms. The number of ketones is 1. The second kappa shape index (κ2) is 9.17. The molecule has 1 saturated heterocycles. The molecule has 1 aromatic heterocycles. The number of amides is 1. The van der Waals surface area contributed by atoms with Crippen LogP contribution in [0.2, 0.25) is 0 Å². The Morgan fingerprint density at radius 2 is 1.78 bits per heavy atom. The number of sulfonamides is 1. The SMILES string of the molecule is CC(=O)c1ccc(NC(=O)CCCn2nnc3cc(S(=O)(=O)N4CCCC4)ccc32)cc1. The van der Waals surface area contributed by atoms with E-state index in [-0.39, 0.29) is 23.0 Å². The maximum atomic E-state index is 12.7. The molecule has 0 aliphatic carbocycles. The van der Waals surface area contributed by atoms with Gasteiger partial charge < -0.3 is 5.32 Å². The van der Waals surface area contributed by atoms with Crippen molar-refractivity contribution in [2.75, 3.05) is 18.4 Å². The summed E-state index contributed by atoms with van der Waals surface area (Å²) >= 11 is 0. The zero-order chi connectivity index (χ0) is 22.7. The van der Waals surface area contributed by atoms with Crippen LogP contribution in [0.25, 0.3) is 11.0 Å². The molecule has 0 bridgehead atoms. The van der Waals surface area contributed by atoms with Gasteiger partial charge in [-0.25, -0.2) is 13.1 Å². The summed E-state index contributed by atoms with van der Waals surface area (Å²) in [5, 5.41) is 11.0. The molecular formula is C22H25N5O4S. The van der Waals surface area contributed by atoms with E-state index in [1.165, 1.54) is 11.2 Å². The van der Waals surface area contributed by atoms with Crippen LogP contribution in [0.4, 0.5) is 5.69 Å². The van der Waals surface area contributed by atoms with Crippen molar-refractivity contribution >= 4 is 38.4 Å². The first kappa shape index (κ1) is 22.1. The van der Waals surface area contributed by atoms with E-state index in [0.717, 1.165) is 18.4 Å². The number of Topliss-reactive ketones (excluding diaryl/α,β-unsaturated/α-hetero) is 1. The van der Waals surface area contributed by atoms with Crippen LogP contribution in [0.15, 0.2) is 47.4 Å². The third kappa shape index (κ3) is 4.71. The molecular weight excluding hydrogens is 430 g/mol. The highest BCUT2D eigenvalue weighted by molar-refractivity contribution is 7.89. The summed E-state index contributed by atoms with van der Waals surface area (Å²) in [5.41, 5.74) is 2.47. The molecule has 2 aromatic carbocycles. The minimum absolute atomic E-state index is 0.0244. The lowest BCUT2D eigenvalue weighted by Gasteiger charge is -2.15. The molecule has 0 unspecified atom stereocenters. The first-order chi connectivity index (χ1) is 15.3. The van der Waals surface area contributed by atoms with Crippen molar-refractivity contribution < 1.29 is 18.0 Å². The number of carbonyl (C=O) groups excluding carboxylic acids is 2. The number of aromatic nitrogens is 3. The molecule has 1 amide bonds. The predicted molar refractivity (Wildman–Crippen MR) is 120 cm³/mol. The molecule has 0 atom stereocenters. The molecule has 10 heteroatoms. The van der Waals surface area contributed by atoms with Crippen molar-refractivity contribution in [2.24, 2.45) is 0 Å². The van der Waals surface area contributed by atoms with E-state index in [1.807, 2.05) is 0 Å². The van der Waals surface area contributed by atoms with E-state index >= 15 is 0 Å². The molecule has 4 rings (SSSR count). The summed E-state index contributed by atoms with van der Waals surface area (Å²) in [6.07, 6.45) is 2.60. The maximum absolute atomic E-state index is 12.7. The zero-order valence-corrected chi connectivity index (χ0v) is 18.6. The Morgan fingerprint density at radius 1 is 1.06 bits per heavy atom. The number of hydrogen-bond donors (Lipinski definition) is 1. The first-order valence-corrected chi connectivity index (χ1v) is 12.0. The van der Waals surface area contributed by atoms with Crippen LogP contribution in [0.3, 0.4) is 0 Å². The summed E-state index contributed by atoms with van der Waals surface area (Å²) in [6, 6.07) is 11.6. The van der Waals surface area contributed by atoms with E-state index < -0.39 is 10.0 Å². The van der Waals surface area contributed by atoms with Crippen LogP contribution in [0.5, 0.6) is 0 Å². The number of rotatable bonds is 8. The van der Waals surface area contributed by atoms with Gasteiger partial charge in [-0.2, -0.15) is 4.31 Å². The van der Waals surface area contributed by atoms with Crippen LogP contribution in [0.1, 0.15) is 43.0 Å². The Morgan fingerprint density at radius 3 is 2.47 bits per heavy atom. The minimum Gasteiger partial charge on any atom is -0.326 e. The number of benzene rings is 2. The summed E-state index contributed by atoms with van der Waals surface area (Å²) in [6.45, 7) is 3.08.